The first-order valence-electron chi connectivity index (χ1n) is 10.7. The number of aromatic nitrogens is 3. The first kappa shape index (κ1) is 21.1. The van der Waals surface area contributed by atoms with Crippen molar-refractivity contribution >= 4 is 28.2 Å². The van der Waals surface area contributed by atoms with Crippen LogP contribution in [0.25, 0.3) is 11.2 Å². The number of fused-ring (bicyclic) bond motifs is 1. The summed E-state index contributed by atoms with van der Waals surface area (Å²) in [5.74, 6) is 0. The van der Waals surface area contributed by atoms with Crippen molar-refractivity contribution in [3.8, 4) is 0 Å². The second-order valence-corrected chi connectivity index (χ2v) is 9.03. The molecule has 0 bridgehead atoms. The van der Waals surface area contributed by atoms with Gasteiger partial charge in [0.05, 0.1) is 30.3 Å². The average molecular weight is 451 g/mol. The van der Waals surface area contributed by atoms with Crippen LogP contribution >= 0.6 is 0 Å². The number of hydrogen-bond donors (Lipinski definition) is 0. The first-order chi connectivity index (χ1) is 16.2. The second-order valence-electron chi connectivity index (χ2n) is 7.67. The fourth-order valence-electron chi connectivity index (χ4n) is 3.61. The van der Waals surface area contributed by atoms with E-state index in [1.54, 1.807) is 16.4 Å². The Hall–Kier alpha value is -3.74. The molecule has 5 nitrogen and oxygen atoms in total. The van der Waals surface area contributed by atoms with Crippen LogP contribution in [-0.2, 0) is 17.9 Å². The molecule has 0 saturated heterocycles. The van der Waals surface area contributed by atoms with E-state index in [9.17, 15) is 4.55 Å². The van der Waals surface area contributed by atoms with E-state index in [0.717, 1.165) is 33.0 Å². The van der Waals surface area contributed by atoms with Crippen molar-refractivity contribution in [2.24, 2.45) is 4.99 Å². The lowest BCUT2D eigenvalue weighted by Gasteiger charge is -2.11. The molecule has 5 aromatic rings. The van der Waals surface area contributed by atoms with E-state index in [2.05, 4.69) is 29.2 Å². The summed E-state index contributed by atoms with van der Waals surface area (Å²) >= 11 is -1.38. The molecule has 3 aromatic carbocycles. The standard InChI is InChI=1S/C27H22N4OS/c1-20-12-14-24(15-13-20)33(32)31-17-16-25-27(31)29-19-23(30-25)18-28-26(21-8-4-2-5-9-21)22-10-6-3-7-11-22/h2-17,19H,18H2,1H3. The normalized spacial score (nSPS) is 11.9. The Kier molecular flexibility index (Phi) is 6.02. The van der Waals surface area contributed by atoms with Crippen LogP contribution in [0.5, 0.6) is 0 Å². The molecule has 0 aliphatic carbocycles. The van der Waals surface area contributed by atoms with Gasteiger partial charge in [-0.2, -0.15) is 0 Å². The molecule has 2 aromatic heterocycles. The molecular weight excluding hydrogens is 428 g/mol. The monoisotopic (exact) mass is 450 g/mol. The molecule has 0 radical (unpaired) electrons. The van der Waals surface area contributed by atoms with Gasteiger partial charge in [0.1, 0.15) is 16.9 Å². The summed E-state index contributed by atoms with van der Waals surface area (Å²) in [6, 6.07) is 29.8. The molecule has 1 atom stereocenters. The molecule has 5 rings (SSSR count). The van der Waals surface area contributed by atoms with Gasteiger partial charge in [0.25, 0.3) is 0 Å². The van der Waals surface area contributed by atoms with Gasteiger partial charge >= 0.3 is 0 Å². The van der Waals surface area contributed by atoms with Crippen LogP contribution in [0.2, 0.25) is 0 Å². The number of aryl methyl sites for hydroxylation is 1. The molecule has 33 heavy (non-hydrogen) atoms. The highest BCUT2D eigenvalue weighted by molar-refractivity contribution is 7.90. The lowest BCUT2D eigenvalue weighted by molar-refractivity contribution is 0.587. The first-order valence-corrected chi connectivity index (χ1v) is 11.8. The van der Waals surface area contributed by atoms with Crippen LogP contribution in [0, 0.1) is 6.92 Å². The van der Waals surface area contributed by atoms with Gasteiger partial charge < -0.3 is 4.55 Å². The van der Waals surface area contributed by atoms with Gasteiger partial charge in [-0.3, -0.25) is 4.99 Å². The van der Waals surface area contributed by atoms with Crippen LogP contribution in [0.1, 0.15) is 22.4 Å². The van der Waals surface area contributed by atoms with E-state index in [4.69, 9.17) is 9.98 Å². The summed E-state index contributed by atoms with van der Waals surface area (Å²) < 4.78 is 14.7. The van der Waals surface area contributed by atoms with Gasteiger partial charge in [-0.05, 0) is 25.1 Å². The zero-order valence-corrected chi connectivity index (χ0v) is 18.9. The Bertz CT molecular complexity index is 1360. The van der Waals surface area contributed by atoms with Crippen molar-refractivity contribution in [1.82, 2.24) is 13.9 Å². The summed E-state index contributed by atoms with van der Waals surface area (Å²) in [6.45, 7) is 2.41. The molecule has 0 amide bonds. The van der Waals surface area contributed by atoms with Crippen LogP contribution in [0.15, 0.2) is 113 Å². The molecule has 0 fully saturated rings. The fourth-order valence-corrected chi connectivity index (χ4v) is 4.67. The summed E-state index contributed by atoms with van der Waals surface area (Å²) in [4.78, 5) is 14.9. The summed E-state index contributed by atoms with van der Waals surface area (Å²) in [7, 11) is 0. The Labute approximate surface area is 195 Å². The highest BCUT2D eigenvalue weighted by atomic mass is 32.2. The minimum absolute atomic E-state index is 0.397. The van der Waals surface area contributed by atoms with E-state index < -0.39 is 11.4 Å². The van der Waals surface area contributed by atoms with Gasteiger partial charge in [0.2, 0.25) is 5.65 Å². The van der Waals surface area contributed by atoms with Crippen LogP contribution in [0.4, 0.5) is 0 Å². The SMILES string of the molecule is Cc1ccc([S+]([O-])n2ccc3nc(CN=C(c4ccccc4)c4ccccc4)cnc32)cc1. The van der Waals surface area contributed by atoms with Gasteiger partial charge in [-0.15, -0.1) is 3.97 Å². The van der Waals surface area contributed by atoms with Gasteiger partial charge in [0, 0.05) is 11.1 Å². The Balaban J connectivity index is 1.44. The number of aliphatic imine (C=N–C) groups is 1. The van der Waals surface area contributed by atoms with Crippen molar-refractivity contribution in [1.29, 1.82) is 0 Å². The highest BCUT2D eigenvalue weighted by Gasteiger charge is 2.18. The lowest BCUT2D eigenvalue weighted by Crippen LogP contribution is -2.12. The van der Waals surface area contributed by atoms with Gasteiger partial charge in [-0.1, -0.05) is 78.4 Å². The number of hydrogen-bond acceptors (Lipinski definition) is 4. The molecule has 0 N–H and O–H groups in total. The van der Waals surface area contributed by atoms with Crippen LogP contribution in [-0.4, -0.2) is 24.2 Å². The second kappa shape index (κ2) is 9.40. The smallest absolute Gasteiger partial charge is 0.205 e. The van der Waals surface area contributed by atoms with E-state index in [-0.39, 0.29) is 0 Å². The van der Waals surface area contributed by atoms with E-state index in [1.807, 2.05) is 73.7 Å². The summed E-state index contributed by atoms with van der Waals surface area (Å²) in [5, 5.41) is 0. The maximum Gasteiger partial charge on any atom is 0.205 e. The number of benzene rings is 3. The predicted octanol–water partition coefficient (Wildman–Crippen LogP) is 5.35. The van der Waals surface area contributed by atoms with Gasteiger partial charge in [0.15, 0.2) is 4.90 Å². The van der Waals surface area contributed by atoms with Crippen molar-refractivity contribution in [2.45, 2.75) is 18.4 Å². The maximum atomic E-state index is 13.0. The van der Waals surface area contributed by atoms with E-state index in [0.29, 0.717) is 17.7 Å². The Morgan fingerprint density at radius 2 is 1.52 bits per heavy atom. The average Bonchev–Trinajstić information content (AvgIpc) is 3.29. The molecule has 6 heteroatoms. The lowest BCUT2D eigenvalue weighted by atomic mass is 10.0. The van der Waals surface area contributed by atoms with Crippen LogP contribution < -0.4 is 0 Å². The van der Waals surface area contributed by atoms with Crippen molar-refractivity contribution in [2.75, 3.05) is 0 Å². The quantitative estimate of drug-likeness (QED) is 0.259. The van der Waals surface area contributed by atoms with E-state index >= 15 is 0 Å². The molecule has 0 saturated carbocycles. The molecule has 1 unspecified atom stereocenters. The maximum absolute atomic E-state index is 13.0. The zero-order valence-electron chi connectivity index (χ0n) is 18.1. The number of nitrogens with zero attached hydrogens (tertiary/aromatic N) is 4. The zero-order chi connectivity index (χ0) is 22.6. The molecule has 0 aliphatic heterocycles. The molecule has 0 spiro atoms. The minimum atomic E-state index is -1.38. The third-order valence-electron chi connectivity index (χ3n) is 5.30. The highest BCUT2D eigenvalue weighted by Crippen LogP contribution is 2.21. The minimum Gasteiger partial charge on any atom is -0.587 e. The van der Waals surface area contributed by atoms with Crippen molar-refractivity contribution in [3.05, 3.63) is 126 Å². The molecule has 0 aliphatic rings. The summed E-state index contributed by atoms with van der Waals surface area (Å²) in [6.07, 6.45) is 3.48. The molecule has 162 valence electrons. The number of rotatable bonds is 6. The Morgan fingerprint density at radius 3 is 2.15 bits per heavy atom. The van der Waals surface area contributed by atoms with Gasteiger partial charge in [-0.25, -0.2) is 9.97 Å². The summed E-state index contributed by atoms with van der Waals surface area (Å²) in [5.41, 5.74) is 6.19. The fraction of sp³-hybridized carbons (Fsp3) is 0.0741. The third kappa shape index (κ3) is 4.58. The Morgan fingerprint density at radius 1 is 0.879 bits per heavy atom. The predicted molar refractivity (Wildman–Crippen MR) is 133 cm³/mol. The van der Waals surface area contributed by atoms with E-state index in [1.165, 1.54) is 0 Å². The van der Waals surface area contributed by atoms with Crippen molar-refractivity contribution in [3.63, 3.8) is 0 Å². The van der Waals surface area contributed by atoms with Crippen LogP contribution in [0.3, 0.4) is 0 Å². The third-order valence-corrected chi connectivity index (χ3v) is 6.63. The largest absolute Gasteiger partial charge is 0.587 e. The topological polar surface area (TPSA) is 66.1 Å². The molecular formula is C27H22N4OS. The molecule has 2 heterocycles. The van der Waals surface area contributed by atoms with Crippen molar-refractivity contribution < 1.29 is 4.55 Å².